The summed E-state index contributed by atoms with van der Waals surface area (Å²) in [5.74, 6) is 0.853. The van der Waals surface area contributed by atoms with Crippen LogP contribution in [0.25, 0.3) is 10.9 Å². The van der Waals surface area contributed by atoms with E-state index in [0.29, 0.717) is 43.6 Å². The van der Waals surface area contributed by atoms with Gasteiger partial charge in [0, 0.05) is 36.7 Å². The first kappa shape index (κ1) is 33.3. The largest absolute Gasteiger partial charge is 0.432 e. The molecule has 254 valence electrons. The van der Waals surface area contributed by atoms with Crippen molar-refractivity contribution in [3.8, 4) is 5.75 Å². The second kappa shape index (κ2) is 14.7. The van der Waals surface area contributed by atoms with Crippen molar-refractivity contribution in [3.63, 3.8) is 0 Å². The molecule has 0 aliphatic carbocycles. The van der Waals surface area contributed by atoms with Crippen LogP contribution in [0, 0.1) is 13.8 Å². The lowest BCUT2D eigenvalue weighted by molar-refractivity contribution is -0.135. The van der Waals surface area contributed by atoms with Gasteiger partial charge in [0.2, 0.25) is 11.9 Å². The number of hydrogen-bond acceptors (Lipinski definition) is 9. The quantitative estimate of drug-likeness (QED) is 0.292. The number of aryl methyl sites for hydroxylation is 2. The molecule has 15 heteroatoms. The molecule has 12 nitrogen and oxygen atoms in total. The van der Waals surface area contributed by atoms with E-state index in [2.05, 4.69) is 49.3 Å². The van der Waals surface area contributed by atoms with E-state index >= 15 is 0 Å². The topological polar surface area (TPSA) is 135 Å². The number of nitrogens with one attached hydrogen (secondary N) is 2. The van der Waals surface area contributed by atoms with Gasteiger partial charge in [0.1, 0.15) is 6.04 Å². The number of benzene rings is 1. The number of amides is 2. The van der Waals surface area contributed by atoms with E-state index < -0.39 is 23.6 Å². The Morgan fingerprint density at radius 1 is 1.04 bits per heavy atom. The fraction of sp³-hybridized carbons (Fsp3) is 0.594. The van der Waals surface area contributed by atoms with Crippen LogP contribution >= 0.6 is 0 Å². The van der Waals surface area contributed by atoms with Gasteiger partial charge in [0.05, 0.1) is 34.6 Å². The minimum atomic E-state index is -2.91. The molecule has 47 heavy (non-hydrogen) atoms. The highest BCUT2D eigenvalue weighted by Gasteiger charge is 2.31. The summed E-state index contributed by atoms with van der Waals surface area (Å²) < 4.78 is 45.8. The van der Waals surface area contributed by atoms with E-state index in [1.165, 1.54) is 23.5 Å². The second-order valence-corrected chi connectivity index (χ2v) is 14.3. The highest BCUT2D eigenvalue weighted by Crippen LogP contribution is 2.35. The molecule has 0 saturated carbocycles. The highest BCUT2D eigenvalue weighted by atomic mass is 32.2. The molecule has 1 aromatic carbocycles. The summed E-state index contributed by atoms with van der Waals surface area (Å²) >= 11 is 0. The third-order valence-electron chi connectivity index (χ3n) is 9.53. The van der Waals surface area contributed by atoms with Crippen LogP contribution in [-0.2, 0) is 20.6 Å². The number of nitrogens with zero attached hydrogens (tertiary/aromatic N) is 6. The molecule has 2 atom stereocenters. The molecule has 5 heterocycles. The number of halogens is 2. The van der Waals surface area contributed by atoms with Crippen molar-refractivity contribution in [1.29, 1.82) is 0 Å². The Kier molecular flexibility index (Phi) is 10.4. The van der Waals surface area contributed by atoms with Gasteiger partial charge in [-0.25, -0.2) is 18.5 Å². The monoisotopic (exact) mass is 672 g/mol. The van der Waals surface area contributed by atoms with Gasteiger partial charge < -0.3 is 15.0 Å². The Morgan fingerprint density at radius 3 is 2.45 bits per heavy atom. The average Bonchev–Trinajstić information content (AvgIpc) is 3.36. The number of fused-ring (bicyclic) bond motifs is 1. The van der Waals surface area contributed by atoms with Crippen LogP contribution in [-0.4, -0.2) is 96.1 Å². The highest BCUT2D eigenvalue weighted by molar-refractivity contribution is 7.82. The minimum absolute atomic E-state index is 0.0820. The molecule has 3 saturated heterocycles. The lowest BCUT2D eigenvalue weighted by atomic mass is 9.86. The standard InChI is InChI=1S/C32H42F2N8O4S/c1-20-16-28-26(21(2)39-42(28)27-4-5-29(43)38-30(27)44)17-25(20)22-6-11-40(12-7-22)10-3-15-47(45)41-13-8-23(9-14-41)37-32-35-18-24(19-36-32)46-31(33)34/h16-19,22-23,27,31H,3-15H2,1-2H3,(H,35,36,37)(H,38,43,44). The lowest BCUT2D eigenvalue weighted by Gasteiger charge is -2.33. The van der Waals surface area contributed by atoms with Gasteiger partial charge in [-0.3, -0.25) is 19.6 Å². The average molecular weight is 673 g/mol. The summed E-state index contributed by atoms with van der Waals surface area (Å²) in [7, 11) is -1.03. The van der Waals surface area contributed by atoms with Crippen LogP contribution in [0.5, 0.6) is 5.75 Å². The number of imide groups is 1. The van der Waals surface area contributed by atoms with E-state index in [1.54, 1.807) is 4.68 Å². The maximum atomic E-state index is 13.0. The van der Waals surface area contributed by atoms with Gasteiger partial charge in [-0.1, -0.05) is 0 Å². The molecule has 0 bridgehead atoms. The summed E-state index contributed by atoms with van der Waals surface area (Å²) in [6.45, 7) is 5.53. The Balaban J connectivity index is 0.934. The van der Waals surface area contributed by atoms with Crippen molar-refractivity contribution in [1.82, 2.24) is 34.3 Å². The molecule has 3 aromatic rings. The molecule has 0 spiro atoms. The van der Waals surface area contributed by atoms with Crippen molar-refractivity contribution in [2.45, 2.75) is 83.4 Å². The number of hydrogen-bond donors (Lipinski definition) is 2. The number of anilines is 1. The number of piperidine rings is 3. The Morgan fingerprint density at radius 2 is 1.77 bits per heavy atom. The zero-order valence-corrected chi connectivity index (χ0v) is 27.6. The summed E-state index contributed by atoms with van der Waals surface area (Å²) in [4.78, 5) is 34.8. The molecule has 3 aliphatic rings. The molecule has 2 amide bonds. The van der Waals surface area contributed by atoms with Gasteiger partial charge in [0.15, 0.2) is 5.75 Å². The first-order valence-corrected chi connectivity index (χ1v) is 17.6. The van der Waals surface area contributed by atoms with Crippen LogP contribution in [0.3, 0.4) is 0 Å². The van der Waals surface area contributed by atoms with Crippen LogP contribution in [0.4, 0.5) is 14.7 Å². The first-order chi connectivity index (χ1) is 22.6. The second-order valence-electron chi connectivity index (χ2n) is 12.7. The Labute approximate surface area is 275 Å². The van der Waals surface area contributed by atoms with Crippen LogP contribution in [0.2, 0.25) is 0 Å². The minimum Gasteiger partial charge on any atom is -0.432 e. The summed E-state index contributed by atoms with van der Waals surface area (Å²) in [6, 6.07) is 4.06. The maximum absolute atomic E-state index is 13.0. The number of carbonyl (C=O) groups excluding carboxylic acids is 2. The van der Waals surface area contributed by atoms with Crippen LogP contribution in [0.1, 0.15) is 73.7 Å². The fourth-order valence-corrected chi connectivity index (χ4v) is 8.25. The molecular weight excluding hydrogens is 630 g/mol. The van der Waals surface area contributed by atoms with E-state index in [9.17, 15) is 22.6 Å². The molecule has 6 rings (SSSR count). The van der Waals surface area contributed by atoms with Gasteiger partial charge in [-0.05, 0) is 101 Å². The maximum Gasteiger partial charge on any atom is 0.387 e. The third-order valence-corrected chi connectivity index (χ3v) is 11.1. The van der Waals surface area contributed by atoms with Crippen molar-refractivity contribution in [3.05, 3.63) is 41.3 Å². The zero-order valence-electron chi connectivity index (χ0n) is 26.8. The summed E-state index contributed by atoms with van der Waals surface area (Å²) in [6.07, 6.45) is 7.79. The van der Waals surface area contributed by atoms with Gasteiger partial charge in [0.25, 0.3) is 5.91 Å². The summed E-state index contributed by atoms with van der Waals surface area (Å²) in [5.41, 5.74) is 4.36. The van der Waals surface area contributed by atoms with E-state index in [-0.39, 0.29) is 23.6 Å². The van der Waals surface area contributed by atoms with E-state index in [1.807, 2.05) is 11.2 Å². The molecule has 2 unspecified atom stereocenters. The van der Waals surface area contributed by atoms with E-state index in [0.717, 1.165) is 68.3 Å². The lowest BCUT2D eigenvalue weighted by Crippen LogP contribution is -2.42. The molecule has 0 radical (unpaired) electrons. The molecule has 2 N–H and O–H groups in total. The number of alkyl halides is 2. The number of carbonyl (C=O) groups is 2. The van der Waals surface area contributed by atoms with E-state index in [4.69, 9.17) is 5.10 Å². The molecule has 2 aromatic heterocycles. The van der Waals surface area contributed by atoms with Crippen molar-refractivity contribution >= 4 is 39.7 Å². The molecule has 3 aliphatic heterocycles. The van der Waals surface area contributed by atoms with Crippen LogP contribution < -0.4 is 15.4 Å². The predicted octanol–water partition coefficient (Wildman–Crippen LogP) is 3.83. The van der Waals surface area contributed by atoms with Crippen molar-refractivity contribution in [2.75, 3.05) is 43.8 Å². The summed E-state index contributed by atoms with van der Waals surface area (Å²) in [5, 5.41) is 11.5. The Hall–Kier alpha value is -3.56. The van der Waals surface area contributed by atoms with Gasteiger partial charge in [-0.15, -0.1) is 0 Å². The smallest absolute Gasteiger partial charge is 0.387 e. The van der Waals surface area contributed by atoms with Crippen molar-refractivity contribution in [2.24, 2.45) is 0 Å². The van der Waals surface area contributed by atoms with Crippen molar-refractivity contribution < 1.29 is 27.3 Å². The van der Waals surface area contributed by atoms with Gasteiger partial charge in [-0.2, -0.15) is 13.9 Å². The number of rotatable bonds is 11. The van der Waals surface area contributed by atoms with Crippen LogP contribution in [0.15, 0.2) is 24.5 Å². The Bertz CT molecular complexity index is 1600. The van der Waals surface area contributed by atoms with Gasteiger partial charge >= 0.3 is 6.61 Å². The fourth-order valence-electron chi connectivity index (χ4n) is 7.00. The zero-order chi connectivity index (χ0) is 33.1. The normalized spacial score (nSPS) is 21.3. The first-order valence-electron chi connectivity index (χ1n) is 16.4. The predicted molar refractivity (Wildman–Crippen MR) is 174 cm³/mol. The molecule has 3 fully saturated rings. The SMILES string of the molecule is Cc1cc2c(cc1C1CCN(CCCS(=O)N3CCC(Nc4ncc(OC(F)F)cn4)CC3)CC1)c(C)nn2C1CCC(=O)NC1=O. The number of aromatic nitrogens is 4. The number of likely N-dealkylation sites (tertiary alicyclic amines) is 1. The molecular formula is C32H42F2N8O4S. The number of ether oxygens (including phenoxy) is 1. The third kappa shape index (κ3) is 7.95.